The zero-order chi connectivity index (χ0) is 17.4. The molecule has 1 atom stereocenters. The van der Waals surface area contributed by atoms with E-state index in [9.17, 15) is 0 Å². The fourth-order valence-corrected chi connectivity index (χ4v) is 2.75. The van der Waals surface area contributed by atoms with Gasteiger partial charge in [0.2, 0.25) is 0 Å². The molecule has 0 heterocycles. The van der Waals surface area contributed by atoms with Crippen molar-refractivity contribution < 1.29 is 9.22 Å². The number of hydrogen-bond acceptors (Lipinski definition) is 1. The summed E-state index contributed by atoms with van der Waals surface area (Å²) in [5, 5.41) is 0. The Morgan fingerprint density at radius 1 is 0.696 bits per heavy atom. The van der Waals surface area contributed by atoms with Crippen molar-refractivity contribution in [3.05, 3.63) is 6.92 Å². The van der Waals surface area contributed by atoms with E-state index in [1.165, 1.54) is 77.0 Å². The van der Waals surface area contributed by atoms with E-state index in [0.717, 1.165) is 24.1 Å². The number of rotatable bonds is 17. The van der Waals surface area contributed by atoms with Crippen molar-refractivity contribution in [3.63, 3.8) is 0 Å². The van der Waals surface area contributed by atoms with E-state index in [1.807, 2.05) is 0 Å². The first kappa shape index (κ1) is 22.9. The molecular formula is C21H45NO+. The van der Waals surface area contributed by atoms with Crippen molar-refractivity contribution in [1.29, 1.82) is 0 Å². The van der Waals surface area contributed by atoms with E-state index in [2.05, 4.69) is 35.0 Å². The molecule has 1 radical (unpaired) electrons. The lowest BCUT2D eigenvalue weighted by Crippen LogP contribution is -2.43. The van der Waals surface area contributed by atoms with E-state index in [4.69, 9.17) is 4.74 Å². The van der Waals surface area contributed by atoms with Crippen molar-refractivity contribution in [2.24, 2.45) is 0 Å². The van der Waals surface area contributed by atoms with Gasteiger partial charge in [-0.3, -0.25) is 0 Å². The third-order valence-corrected chi connectivity index (χ3v) is 4.83. The molecule has 0 aliphatic carbocycles. The smallest absolute Gasteiger partial charge is 0.0908 e. The third kappa shape index (κ3) is 16.6. The standard InChI is InChI=1S/C21H45NO/c1-6-7-8-9-10-11-12-13-14-15-16-17-19-23-20-18-21(2)22(3,4)5/h21H,2,6-20H2,1,3-5H3/q+1. The van der Waals surface area contributed by atoms with Crippen LogP contribution >= 0.6 is 0 Å². The second-order valence-corrected chi connectivity index (χ2v) is 8.06. The maximum atomic E-state index is 5.74. The summed E-state index contributed by atoms with van der Waals surface area (Å²) in [4.78, 5) is 0. The van der Waals surface area contributed by atoms with Crippen LogP contribution in [0.5, 0.6) is 0 Å². The molecule has 0 aromatic heterocycles. The summed E-state index contributed by atoms with van der Waals surface area (Å²) in [7, 11) is 6.59. The average molecular weight is 328 g/mol. The summed E-state index contributed by atoms with van der Waals surface area (Å²) in [6.45, 7) is 8.29. The zero-order valence-electron chi connectivity index (χ0n) is 16.7. The molecule has 0 aromatic carbocycles. The Balaban J connectivity index is 3.11. The Morgan fingerprint density at radius 3 is 1.57 bits per heavy atom. The summed E-state index contributed by atoms with van der Waals surface area (Å²) in [6, 6.07) is 0.428. The maximum Gasteiger partial charge on any atom is 0.0908 e. The fourth-order valence-electron chi connectivity index (χ4n) is 2.75. The molecule has 0 amide bonds. The molecule has 0 N–H and O–H groups in total. The largest absolute Gasteiger partial charge is 0.381 e. The van der Waals surface area contributed by atoms with Crippen molar-refractivity contribution in [2.45, 2.75) is 96.4 Å². The minimum Gasteiger partial charge on any atom is -0.381 e. The van der Waals surface area contributed by atoms with Crippen LogP contribution in [0.3, 0.4) is 0 Å². The van der Waals surface area contributed by atoms with Crippen LogP contribution in [0, 0.1) is 6.92 Å². The van der Waals surface area contributed by atoms with Gasteiger partial charge in [-0.15, -0.1) is 0 Å². The Bertz CT molecular complexity index is 234. The van der Waals surface area contributed by atoms with Crippen LogP contribution in [0.4, 0.5) is 0 Å². The molecule has 139 valence electrons. The molecule has 0 bridgehead atoms. The van der Waals surface area contributed by atoms with E-state index in [-0.39, 0.29) is 0 Å². The van der Waals surface area contributed by atoms with E-state index < -0.39 is 0 Å². The SMILES string of the molecule is [CH2]C(CCOCCCCCCCCCCCCCC)[N+](C)(C)C. The molecule has 0 aliphatic rings. The van der Waals surface area contributed by atoms with Gasteiger partial charge in [-0.2, -0.15) is 0 Å². The van der Waals surface area contributed by atoms with Crippen molar-refractivity contribution in [3.8, 4) is 0 Å². The lowest BCUT2D eigenvalue weighted by atomic mass is 10.1. The topological polar surface area (TPSA) is 9.23 Å². The first-order valence-corrected chi connectivity index (χ1v) is 10.2. The van der Waals surface area contributed by atoms with Gasteiger partial charge in [-0.1, -0.05) is 77.6 Å². The predicted molar refractivity (Wildman–Crippen MR) is 104 cm³/mol. The van der Waals surface area contributed by atoms with Gasteiger partial charge in [0.05, 0.1) is 33.8 Å². The number of unbranched alkanes of at least 4 members (excludes halogenated alkanes) is 11. The van der Waals surface area contributed by atoms with Gasteiger partial charge < -0.3 is 9.22 Å². The summed E-state index contributed by atoms with van der Waals surface area (Å²) in [5.41, 5.74) is 0. The molecule has 1 unspecified atom stereocenters. The highest BCUT2D eigenvalue weighted by Gasteiger charge is 2.17. The van der Waals surface area contributed by atoms with E-state index in [1.54, 1.807) is 0 Å². The second kappa shape index (κ2) is 15.4. The van der Waals surface area contributed by atoms with Gasteiger partial charge in [0.1, 0.15) is 0 Å². The number of ether oxygens (including phenoxy) is 1. The monoisotopic (exact) mass is 327 g/mol. The van der Waals surface area contributed by atoms with Crippen molar-refractivity contribution in [2.75, 3.05) is 34.4 Å². The van der Waals surface area contributed by atoms with Gasteiger partial charge in [0.25, 0.3) is 0 Å². The van der Waals surface area contributed by atoms with E-state index in [0.29, 0.717) is 6.04 Å². The first-order chi connectivity index (χ1) is 11.0. The highest BCUT2D eigenvalue weighted by Crippen LogP contribution is 2.12. The van der Waals surface area contributed by atoms with Gasteiger partial charge >= 0.3 is 0 Å². The molecule has 0 rings (SSSR count). The second-order valence-electron chi connectivity index (χ2n) is 8.06. The van der Waals surface area contributed by atoms with Crippen LogP contribution in [-0.4, -0.2) is 44.9 Å². The fraction of sp³-hybridized carbons (Fsp3) is 0.952. The van der Waals surface area contributed by atoms with Crippen LogP contribution in [0.1, 0.15) is 90.4 Å². The summed E-state index contributed by atoms with van der Waals surface area (Å²) < 4.78 is 6.66. The number of hydrogen-bond donors (Lipinski definition) is 0. The Hall–Kier alpha value is -0.0800. The molecular weight excluding hydrogens is 282 g/mol. The van der Waals surface area contributed by atoms with Crippen LogP contribution in [0.2, 0.25) is 0 Å². The van der Waals surface area contributed by atoms with Gasteiger partial charge in [0.15, 0.2) is 0 Å². The maximum absolute atomic E-state index is 5.74. The Morgan fingerprint density at radius 2 is 1.13 bits per heavy atom. The predicted octanol–water partition coefficient (Wildman–Crippen LogP) is 6.00. The minimum absolute atomic E-state index is 0.428. The lowest BCUT2D eigenvalue weighted by molar-refractivity contribution is -0.890. The molecule has 0 fully saturated rings. The normalized spacial score (nSPS) is 13.4. The molecule has 23 heavy (non-hydrogen) atoms. The van der Waals surface area contributed by atoms with Gasteiger partial charge in [-0.05, 0) is 6.42 Å². The zero-order valence-corrected chi connectivity index (χ0v) is 16.7. The molecule has 0 aliphatic heterocycles. The number of quaternary nitrogens is 1. The van der Waals surface area contributed by atoms with E-state index >= 15 is 0 Å². The average Bonchev–Trinajstić information content (AvgIpc) is 2.50. The Labute approximate surface area is 147 Å². The van der Waals surface area contributed by atoms with Crippen LogP contribution < -0.4 is 0 Å². The number of nitrogens with zero attached hydrogens (tertiary/aromatic N) is 1. The molecule has 0 aromatic rings. The highest BCUT2D eigenvalue weighted by molar-refractivity contribution is 4.59. The van der Waals surface area contributed by atoms with Gasteiger partial charge in [0, 0.05) is 20.0 Å². The quantitative estimate of drug-likeness (QED) is 0.235. The first-order valence-electron chi connectivity index (χ1n) is 10.2. The summed E-state index contributed by atoms with van der Waals surface area (Å²) in [6.07, 6.45) is 17.9. The lowest BCUT2D eigenvalue weighted by Gasteiger charge is -2.31. The minimum atomic E-state index is 0.428. The molecule has 0 spiro atoms. The Kier molecular flexibility index (Phi) is 15.4. The molecule has 0 saturated heterocycles. The molecule has 2 heteroatoms. The van der Waals surface area contributed by atoms with Crippen LogP contribution in [0.25, 0.3) is 0 Å². The van der Waals surface area contributed by atoms with Crippen LogP contribution in [-0.2, 0) is 4.74 Å². The summed E-state index contributed by atoms with van der Waals surface area (Å²) in [5.74, 6) is 0. The summed E-state index contributed by atoms with van der Waals surface area (Å²) >= 11 is 0. The third-order valence-electron chi connectivity index (χ3n) is 4.83. The van der Waals surface area contributed by atoms with Gasteiger partial charge in [-0.25, -0.2) is 0 Å². The van der Waals surface area contributed by atoms with Crippen molar-refractivity contribution >= 4 is 0 Å². The molecule has 2 nitrogen and oxygen atoms in total. The van der Waals surface area contributed by atoms with Crippen molar-refractivity contribution in [1.82, 2.24) is 0 Å². The molecule has 0 saturated carbocycles. The highest BCUT2D eigenvalue weighted by atomic mass is 16.5. The van der Waals surface area contributed by atoms with Crippen LogP contribution in [0.15, 0.2) is 0 Å².